The van der Waals surface area contributed by atoms with Crippen molar-refractivity contribution in [3.05, 3.63) is 70.7 Å². The van der Waals surface area contributed by atoms with Crippen LogP contribution >= 0.6 is 23.2 Å². The SMILES string of the molecule is C=C(NCc1ccc(Cl)cc1Cl)N1CCC(Oc2ccncc2)CC1. The third-order valence-corrected chi connectivity index (χ3v) is 4.86. The number of rotatable bonds is 6. The second-order valence-corrected chi connectivity index (χ2v) is 6.87. The lowest BCUT2D eigenvalue weighted by molar-refractivity contribution is 0.114. The van der Waals surface area contributed by atoms with E-state index in [0.717, 1.165) is 43.1 Å². The largest absolute Gasteiger partial charge is 0.490 e. The minimum absolute atomic E-state index is 0.233. The van der Waals surface area contributed by atoms with Crippen LogP contribution in [0.2, 0.25) is 10.0 Å². The van der Waals surface area contributed by atoms with Gasteiger partial charge < -0.3 is 15.0 Å². The number of nitrogens with one attached hydrogen (secondary N) is 1. The van der Waals surface area contributed by atoms with E-state index in [0.29, 0.717) is 16.6 Å². The maximum Gasteiger partial charge on any atom is 0.122 e. The van der Waals surface area contributed by atoms with Crippen molar-refractivity contribution in [2.75, 3.05) is 13.1 Å². The monoisotopic (exact) mass is 377 g/mol. The third kappa shape index (κ3) is 5.03. The third-order valence-electron chi connectivity index (χ3n) is 4.27. The molecule has 0 saturated carbocycles. The van der Waals surface area contributed by atoms with Crippen molar-refractivity contribution < 1.29 is 4.74 Å². The van der Waals surface area contributed by atoms with Gasteiger partial charge in [-0.3, -0.25) is 4.98 Å². The van der Waals surface area contributed by atoms with Crippen LogP contribution in [0.4, 0.5) is 0 Å². The molecule has 1 fully saturated rings. The van der Waals surface area contributed by atoms with E-state index in [1.807, 2.05) is 24.3 Å². The summed E-state index contributed by atoms with van der Waals surface area (Å²) < 4.78 is 5.99. The van der Waals surface area contributed by atoms with Crippen molar-refractivity contribution in [2.24, 2.45) is 0 Å². The highest BCUT2D eigenvalue weighted by Gasteiger charge is 2.21. The minimum Gasteiger partial charge on any atom is -0.490 e. The molecule has 0 amide bonds. The molecule has 3 rings (SSSR count). The molecule has 1 N–H and O–H groups in total. The van der Waals surface area contributed by atoms with E-state index in [2.05, 4.69) is 21.8 Å². The van der Waals surface area contributed by atoms with Gasteiger partial charge in [-0.05, 0) is 29.8 Å². The molecule has 0 bridgehead atoms. The zero-order valence-corrected chi connectivity index (χ0v) is 15.4. The fraction of sp³-hybridized carbons (Fsp3) is 0.316. The van der Waals surface area contributed by atoms with Gasteiger partial charge in [0.1, 0.15) is 11.9 Å². The maximum absolute atomic E-state index is 6.21. The van der Waals surface area contributed by atoms with Gasteiger partial charge in [-0.1, -0.05) is 35.8 Å². The summed E-state index contributed by atoms with van der Waals surface area (Å²) in [6, 6.07) is 9.31. The van der Waals surface area contributed by atoms with E-state index in [9.17, 15) is 0 Å². The highest BCUT2D eigenvalue weighted by atomic mass is 35.5. The predicted molar refractivity (Wildman–Crippen MR) is 102 cm³/mol. The Morgan fingerprint density at radius 2 is 1.92 bits per heavy atom. The molecule has 1 aliphatic rings. The van der Waals surface area contributed by atoms with E-state index in [4.69, 9.17) is 27.9 Å². The first-order valence-corrected chi connectivity index (χ1v) is 9.06. The average molecular weight is 378 g/mol. The van der Waals surface area contributed by atoms with Crippen molar-refractivity contribution in [3.63, 3.8) is 0 Å². The lowest BCUT2D eigenvalue weighted by Gasteiger charge is -2.35. The summed E-state index contributed by atoms with van der Waals surface area (Å²) in [6.45, 7) is 6.60. The number of halogens is 2. The lowest BCUT2D eigenvalue weighted by Crippen LogP contribution is -2.40. The molecule has 0 unspecified atom stereocenters. The number of likely N-dealkylation sites (tertiary alicyclic amines) is 1. The van der Waals surface area contributed by atoms with Crippen LogP contribution in [0, 0.1) is 0 Å². The lowest BCUT2D eigenvalue weighted by atomic mass is 10.1. The van der Waals surface area contributed by atoms with Crippen molar-refractivity contribution in [1.29, 1.82) is 0 Å². The molecular weight excluding hydrogens is 357 g/mol. The average Bonchev–Trinajstić information content (AvgIpc) is 2.62. The number of aromatic nitrogens is 1. The fourth-order valence-corrected chi connectivity index (χ4v) is 3.30. The molecule has 25 heavy (non-hydrogen) atoms. The first kappa shape index (κ1) is 17.9. The Bertz CT molecular complexity index is 716. The summed E-state index contributed by atoms with van der Waals surface area (Å²) in [5.74, 6) is 1.79. The molecule has 1 aromatic carbocycles. The molecule has 1 aliphatic heterocycles. The Hall–Kier alpha value is -1.91. The van der Waals surface area contributed by atoms with Gasteiger partial charge in [0.15, 0.2) is 0 Å². The quantitative estimate of drug-likeness (QED) is 0.804. The Morgan fingerprint density at radius 3 is 2.60 bits per heavy atom. The van der Waals surface area contributed by atoms with Gasteiger partial charge in [-0.2, -0.15) is 0 Å². The van der Waals surface area contributed by atoms with E-state index in [1.54, 1.807) is 18.5 Å². The zero-order chi connectivity index (χ0) is 17.6. The Balaban J connectivity index is 1.45. The molecule has 0 aliphatic carbocycles. The van der Waals surface area contributed by atoms with Crippen LogP contribution in [0.3, 0.4) is 0 Å². The first-order valence-electron chi connectivity index (χ1n) is 8.30. The van der Waals surface area contributed by atoms with Crippen LogP contribution in [0.25, 0.3) is 0 Å². The molecule has 1 aromatic heterocycles. The number of benzene rings is 1. The molecule has 2 aromatic rings. The van der Waals surface area contributed by atoms with Gasteiger partial charge in [0.25, 0.3) is 0 Å². The zero-order valence-electron chi connectivity index (χ0n) is 13.9. The number of nitrogens with zero attached hydrogens (tertiary/aromatic N) is 2. The van der Waals surface area contributed by atoms with Crippen LogP contribution < -0.4 is 10.1 Å². The van der Waals surface area contributed by atoms with E-state index >= 15 is 0 Å². The maximum atomic E-state index is 6.21. The van der Waals surface area contributed by atoms with Crippen LogP contribution in [-0.4, -0.2) is 29.1 Å². The molecule has 132 valence electrons. The van der Waals surface area contributed by atoms with Crippen LogP contribution in [-0.2, 0) is 6.54 Å². The van der Waals surface area contributed by atoms with Gasteiger partial charge in [0.05, 0.1) is 5.82 Å². The number of hydrogen-bond donors (Lipinski definition) is 1. The minimum atomic E-state index is 0.233. The van der Waals surface area contributed by atoms with Crippen LogP contribution in [0.15, 0.2) is 55.1 Å². The highest BCUT2D eigenvalue weighted by molar-refractivity contribution is 6.35. The van der Waals surface area contributed by atoms with Crippen LogP contribution in [0.1, 0.15) is 18.4 Å². The Labute approximate surface area is 158 Å². The Kier molecular flexibility index (Phi) is 6.05. The van der Waals surface area contributed by atoms with Crippen LogP contribution in [0.5, 0.6) is 5.75 Å². The molecule has 6 heteroatoms. The summed E-state index contributed by atoms with van der Waals surface area (Å²) in [4.78, 5) is 6.25. The van der Waals surface area contributed by atoms with Gasteiger partial charge in [0, 0.05) is 54.9 Å². The first-order chi connectivity index (χ1) is 12.1. The fourth-order valence-electron chi connectivity index (χ4n) is 2.83. The molecule has 4 nitrogen and oxygen atoms in total. The Morgan fingerprint density at radius 1 is 1.20 bits per heavy atom. The number of hydrogen-bond acceptors (Lipinski definition) is 4. The smallest absolute Gasteiger partial charge is 0.122 e. The standard InChI is InChI=1S/C19H21Cl2N3O/c1-14(23-13-15-2-3-16(20)12-19(15)21)24-10-6-18(7-11-24)25-17-4-8-22-9-5-17/h2-5,8-9,12,18,23H,1,6-7,10-11,13H2. The highest BCUT2D eigenvalue weighted by Crippen LogP contribution is 2.22. The van der Waals surface area contributed by atoms with Crippen molar-refractivity contribution in [2.45, 2.75) is 25.5 Å². The number of pyridine rings is 1. The topological polar surface area (TPSA) is 37.4 Å². The second kappa shape index (κ2) is 8.45. The number of piperidine rings is 1. The number of ether oxygens (including phenoxy) is 1. The van der Waals surface area contributed by atoms with E-state index in [-0.39, 0.29) is 6.10 Å². The van der Waals surface area contributed by atoms with Crippen molar-refractivity contribution >= 4 is 23.2 Å². The molecular formula is C19H21Cl2N3O. The van der Waals surface area contributed by atoms with Gasteiger partial charge in [-0.15, -0.1) is 0 Å². The summed E-state index contributed by atoms with van der Waals surface area (Å²) in [5.41, 5.74) is 1.00. The van der Waals surface area contributed by atoms with E-state index in [1.165, 1.54) is 0 Å². The summed E-state index contributed by atoms with van der Waals surface area (Å²) in [5, 5.41) is 4.65. The van der Waals surface area contributed by atoms with E-state index < -0.39 is 0 Å². The summed E-state index contributed by atoms with van der Waals surface area (Å²) in [6.07, 6.45) is 5.66. The molecule has 0 spiro atoms. The molecule has 2 heterocycles. The summed E-state index contributed by atoms with van der Waals surface area (Å²) >= 11 is 12.1. The van der Waals surface area contributed by atoms with Gasteiger partial charge in [0.2, 0.25) is 0 Å². The summed E-state index contributed by atoms with van der Waals surface area (Å²) in [7, 11) is 0. The molecule has 0 radical (unpaired) electrons. The van der Waals surface area contributed by atoms with Gasteiger partial charge in [-0.25, -0.2) is 0 Å². The molecule has 1 saturated heterocycles. The second-order valence-electron chi connectivity index (χ2n) is 6.02. The molecule has 0 atom stereocenters. The van der Waals surface area contributed by atoms with Crippen molar-refractivity contribution in [3.8, 4) is 5.75 Å². The van der Waals surface area contributed by atoms with Gasteiger partial charge >= 0.3 is 0 Å². The predicted octanol–water partition coefficient (Wildman–Crippen LogP) is 4.49. The van der Waals surface area contributed by atoms with Crippen molar-refractivity contribution in [1.82, 2.24) is 15.2 Å². The normalized spacial score (nSPS) is 15.0.